The zero-order valence-corrected chi connectivity index (χ0v) is 8.32. The molecule has 0 aliphatic heterocycles. The second-order valence-electron chi connectivity index (χ2n) is 3.13. The van der Waals surface area contributed by atoms with Gasteiger partial charge in [-0.2, -0.15) is 0 Å². The summed E-state index contributed by atoms with van der Waals surface area (Å²) in [6.07, 6.45) is 3.69. The lowest BCUT2D eigenvalue weighted by Crippen LogP contribution is -2.36. The largest absolute Gasteiger partial charge is 0.302 e. The Kier molecular flexibility index (Phi) is 3.00. The number of hydrogen-bond donors (Lipinski definition) is 1. The summed E-state index contributed by atoms with van der Waals surface area (Å²) in [6.45, 7) is 8.72. The van der Waals surface area contributed by atoms with E-state index in [0.717, 1.165) is 11.6 Å². The number of hydrogen-bond acceptors (Lipinski definition) is 3. The van der Waals surface area contributed by atoms with Gasteiger partial charge in [-0.1, -0.05) is 6.08 Å². The third-order valence-electron chi connectivity index (χ3n) is 1.66. The number of nitrogens with one attached hydrogen (secondary N) is 1. The molecule has 0 aromatic carbocycles. The second-order valence-corrected chi connectivity index (χ2v) is 4.03. The molecule has 0 radical (unpaired) electrons. The van der Waals surface area contributed by atoms with Gasteiger partial charge in [0.05, 0.1) is 5.54 Å². The van der Waals surface area contributed by atoms with E-state index in [1.54, 1.807) is 11.3 Å². The van der Waals surface area contributed by atoms with Crippen LogP contribution in [0.2, 0.25) is 0 Å². The molecular weight excluding hydrogens is 168 g/mol. The summed E-state index contributed by atoms with van der Waals surface area (Å²) >= 11 is 1.67. The molecule has 1 N–H and O–H groups in total. The zero-order valence-electron chi connectivity index (χ0n) is 7.50. The van der Waals surface area contributed by atoms with Crippen LogP contribution in [0.15, 0.2) is 24.2 Å². The van der Waals surface area contributed by atoms with Crippen LogP contribution in [0.3, 0.4) is 0 Å². The first kappa shape index (κ1) is 9.42. The molecule has 0 unspecified atom stereocenters. The van der Waals surface area contributed by atoms with Gasteiger partial charge in [-0.25, -0.2) is 4.98 Å². The molecule has 0 bridgehead atoms. The molecule has 0 saturated heterocycles. The quantitative estimate of drug-likeness (QED) is 0.722. The fourth-order valence-electron chi connectivity index (χ4n) is 0.935. The molecule has 1 aromatic rings. The predicted molar refractivity (Wildman–Crippen MR) is 53.3 cm³/mol. The van der Waals surface area contributed by atoms with Crippen molar-refractivity contribution in [3.05, 3.63) is 29.2 Å². The molecule has 0 fully saturated rings. The zero-order chi connectivity index (χ0) is 9.03. The maximum Gasteiger partial charge on any atom is 0.112 e. The van der Waals surface area contributed by atoms with E-state index in [1.165, 1.54) is 0 Å². The maximum atomic E-state index is 4.26. The van der Waals surface area contributed by atoms with E-state index in [0.29, 0.717) is 0 Å². The van der Waals surface area contributed by atoms with Crippen LogP contribution in [0, 0.1) is 0 Å². The fourth-order valence-corrected chi connectivity index (χ4v) is 1.67. The summed E-state index contributed by atoms with van der Waals surface area (Å²) in [6, 6.07) is 0. The normalized spacial score (nSPS) is 11.5. The van der Waals surface area contributed by atoms with Crippen molar-refractivity contribution in [2.45, 2.75) is 19.4 Å². The van der Waals surface area contributed by atoms with Crippen molar-refractivity contribution in [3.63, 3.8) is 0 Å². The summed E-state index contributed by atoms with van der Waals surface area (Å²) < 4.78 is 0. The van der Waals surface area contributed by atoms with Crippen molar-refractivity contribution in [3.8, 4) is 0 Å². The van der Waals surface area contributed by atoms with Gasteiger partial charge in [-0.05, 0) is 13.8 Å². The lowest BCUT2D eigenvalue weighted by Gasteiger charge is -2.22. The van der Waals surface area contributed by atoms with Gasteiger partial charge in [0.1, 0.15) is 5.01 Å². The minimum Gasteiger partial charge on any atom is -0.302 e. The molecule has 0 saturated carbocycles. The summed E-state index contributed by atoms with van der Waals surface area (Å²) in [7, 11) is 0. The van der Waals surface area contributed by atoms with Crippen molar-refractivity contribution in [2.24, 2.45) is 0 Å². The highest BCUT2D eigenvalue weighted by molar-refractivity contribution is 7.09. The summed E-state index contributed by atoms with van der Waals surface area (Å²) in [5.41, 5.74) is -0.0393. The van der Waals surface area contributed by atoms with Crippen molar-refractivity contribution in [1.82, 2.24) is 10.3 Å². The highest BCUT2D eigenvalue weighted by atomic mass is 32.1. The Morgan fingerprint density at radius 1 is 1.75 bits per heavy atom. The van der Waals surface area contributed by atoms with Crippen LogP contribution in [0.5, 0.6) is 0 Å². The maximum absolute atomic E-state index is 4.26. The van der Waals surface area contributed by atoms with Crippen LogP contribution in [0.25, 0.3) is 0 Å². The molecule has 0 amide bonds. The SMILES string of the molecule is C=CCNC(C)(C)c1nccs1. The first-order valence-corrected chi connectivity index (χ1v) is 4.80. The Hall–Kier alpha value is -0.670. The molecule has 0 atom stereocenters. The minimum absolute atomic E-state index is 0.0393. The van der Waals surface area contributed by atoms with Crippen LogP contribution in [0.1, 0.15) is 18.9 Å². The molecule has 1 aromatic heterocycles. The Bertz CT molecular complexity index is 239. The molecule has 12 heavy (non-hydrogen) atoms. The van der Waals surface area contributed by atoms with E-state index in [1.807, 2.05) is 17.7 Å². The average molecular weight is 182 g/mol. The van der Waals surface area contributed by atoms with E-state index in [-0.39, 0.29) is 5.54 Å². The third kappa shape index (κ3) is 2.16. The van der Waals surface area contributed by atoms with Crippen LogP contribution in [0.4, 0.5) is 0 Å². The van der Waals surface area contributed by atoms with Crippen LogP contribution >= 0.6 is 11.3 Å². The van der Waals surface area contributed by atoms with Crippen molar-refractivity contribution in [2.75, 3.05) is 6.54 Å². The monoisotopic (exact) mass is 182 g/mol. The molecule has 1 heterocycles. The van der Waals surface area contributed by atoms with Gasteiger partial charge in [0, 0.05) is 18.1 Å². The Labute approximate surface area is 77.3 Å². The molecule has 2 nitrogen and oxygen atoms in total. The van der Waals surface area contributed by atoms with Gasteiger partial charge < -0.3 is 5.32 Å². The highest BCUT2D eigenvalue weighted by Gasteiger charge is 2.21. The summed E-state index contributed by atoms with van der Waals surface area (Å²) in [5, 5.41) is 6.45. The van der Waals surface area contributed by atoms with Crippen molar-refractivity contribution in [1.29, 1.82) is 0 Å². The topological polar surface area (TPSA) is 24.9 Å². The lowest BCUT2D eigenvalue weighted by atomic mass is 10.1. The summed E-state index contributed by atoms with van der Waals surface area (Å²) in [5.74, 6) is 0. The molecule has 3 heteroatoms. The molecule has 0 aliphatic rings. The molecule has 0 aliphatic carbocycles. The van der Waals surface area contributed by atoms with Crippen molar-refractivity contribution < 1.29 is 0 Å². The number of nitrogens with zero attached hydrogens (tertiary/aromatic N) is 1. The van der Waals surface area contributed by atoms with Crippen LogP contribution in [-0.4, -0.2) is 11.5 Å². The minimum atomic E-state index is -0.0393. The summed E-state index contributed by atoms with van der Waals surface area (Å²) in [4.78, 5) is 4.26. The van der Waals surface area contributed by atoms with E-state index in [2.05, 4.69) is 30.7 Å². The van der Waals surface area contributed by atoms with Gasteiger partial charge in [0.15, 0.2) is 0 Å². The first-order valence-electron chi connectivity index (χ1n) is 3.93. The number of rotatable bonds is 4. The Balaban J connectivity index is 2.65. The van der Waals surface area contributed by atoms with Gasteiger partial charge in [-0.15, -0.1) is 17.9 Å². The van der Waals surface area contributed by atoms with Crippen LogP contribution < -0.4 is 5.32 Å². The van der Waals surface area contributed by atoms with Crippen molar-refractivity contribution >= 4 is 11.3 Å². The first-order chi connectivity index (χ1) is 5.67. The van der Waals surface area contributed by atoms with E-state index < -0.39 is 0 Å². The molecule has 0 spiro atoms. The molecule has 66 valence electrons. The van der Waals surface area contributed by atoms with E-state index >= 15 is 0 Å². The average Bonchev–Trinajstić information content (AvgIpc) is 2.53. The lowest BCUT2D eigenvalue weighted by molar-refractivity contribution is 0.423. The van der Waals surface area contributed by atoms with E-state index in [4.69, 9.17) is 0 Å². The van der Waals surface area contributed by atoms with Gasteiger partial charge in [0.2, 0.25) is 0 Å². The van der Waals surface area contributed by atoms with Crippen LogP contribution in [-0.2, 0) is 5.54 Å². The van der Waals surface area contributed by atoms with Gasteiger partial charge >= 0.3 is 0 Å². The smallest absolute Gasteiger partial charge is 0.112 e. The second kappa shape index (κ2) is 3.83. The van der Waals surface area contributed by atoms with Gasteiger partial charge in [-0.3, -0.25) is 0 Å². The third-order valence-corrected chi connectivity index (χ3v) is 2.75. The Morgan fingerprint density at radius 3 is 3.00 bits per heavy atom. The predicted octanol–water partition coefficient (Wildman–Crippen LogP) is 2.15. The number of thiazole rings is 1. The highest BCUT2D eigenvalue weighted by Crippen LogP contribution is 2.21. The standard InChI is InChI=1S/C9H14N2S/c1-4-5-11-9(2,3)8-10-6-7-12-8/h4,6-7,11H,1,5H2,2-3H3. The molecule has 1 rings (SSSR count). The Morgan fingerprint density at radius 2 is 2.50 bits per heavy atom. The van der Waals surface area contributed by atoms with Gasteiger partial charge in [0.25, 0.3) is 0 Å². The number of aromatic nitrogens is 1. The van der Waals surface area contributed by atoms with E-state index in [9.17, 15) is 0 Å². The molecular formula is C9H14N2S. The fraction of sp³-hybridized carbons (Fsp3) is 0.444.